The van der Waals surface area contributed by atoms with Crippen molar-refractivity contribution in [1.29, 1.82) is 5.26 Å². The largest absolute Gasteiger partial charge is 0.326 e. The topological polar surface area (TPSA) is 125 Å². The minimum Gasteiger partial charge on any atom is -0.326 e. The van der Waals surface area contributed by atoms with Crippen LogP contribution in [0.2, 0.25) is 0 Å². The van der Waals surface area contributed by atoms with Gasteiger partial charge in [0.05, 0.1) is 29.1 Å². The maximum atomic E-state index is 13.0. The van der Waals surface area contributed by atoms with Crippen LogP contribution in [0.5, 0.6) is 0 Å². The summed E-state index contributed by atoms with van der Waals surface area (Å²) in [6.45, 7) is 2.02. The third kappa shape index (κ3) is 4.96. The zero-order valence-electron chi connectivity index (χ0n) is 20.6. The van der Waals surface area contributed by atoms with E-state index in [0.29, 0.717) is 35.0 Å². The third-order valence-corrected chi connectivity index (χ3v) is 8.26. The molecule has 4 aromatic rings. The first-order valence-corrected chi connectivity index (χ1v) is 14.4. The monoisotopic (exact) mass is 545 g/mol. The van der Waals surface area contributed by atoms with Gasteiger partial charge in [0.15, 0.2) is 5.13 Å². The number of aryl methyl sites for hydroxylation is 1. The van der Waals surface area contributed by atoms with Gasteiger partial charge >= 0.3 is 0 Å². The van der Waals surface area contributed by atoms with Gasteiger partial charge in [-0.25, -0.2) is 17.4 Å². The summed E-state index contributed by atoms with van der Waals surface area (Å²) >= 11 is 1.29. The van der Waals surface area contributed by atoms with Crippen LogP contribution in [0.1, 0.15) is 28.0 Å². The molecule has 0 bridgehead atoms. The summed E-state index contributed by atoms with van der Waals surface area (Å²) in [7, 11) is -3.53. The van der Waals surface area contributed by atoms with Crippen molar-refractivity contribution < 1.29 is 18.0 Å². The van der Waals surface area contributed by atoms with Gasteiger partial charge in [-0.3, -0.25) is 9.59 Å². The summed E-state index contributed by atoms with van der Waals surface area (Å²) in [6.07, 6.45) is 2.87. The Bertz CT molecular complexity index is 1700. The van der Waals surface area contributed by atoms with Gasteiger partial charge in [0.25, 0.3) is 5.91 Å². The zero-order valence-corrected chi connectivity index (χ0v) is 22.2. The average molecular weight is 546 g/mol. The number of aromatic nitrogens is 2. The first-order valence-electron chi connectivity index (χ1n) is 11.7. The normalized spacial score (nSPS) is 15.0. The van der Waals surface area contributed by atoms with Crippen LogP contribution in [0.4, 0.5) is 5.13 Å². The number of nitriles is 1. The zero-order chi connectivity index (χ0) is 27.0. The van der Waals surface area contributed by atoms with Crippen molar-refractivity contribution in [1.82, 2.24) is 13.9 Å². The molecule has 2 aromatic carbocycles. The Balaban J connectivity index is 1.27. The number of hydrogen-bond donors (Lipinski definition) is 1. The molecule has 0 radical (unpaired) electrons. The van der Waals surface area contributed by atoms with Crippen LogP contribution in [0, 0.1) is 18.3 Å². The molecule has 1 fully saturated rings. The summed E-state index contributed by atoms with van der Waals surface area (Å²) in [5.41, 5.74) is 4.80. The molecule has 1 aliphatic heterocycles. The number of benzene rings is 2. The number of likely N-dealkylation sites (tertiary alicyclic amines) is 1. The first kappa shape index (κ1) is 25.4. The highest BCUT2D eigenvalue weighted by Gasteiger charge is 2.38. The second kappa shape index (κ2) is 9.89. The summed E-state index contributed by atoms with van der Waals surface area (Å²) in [4.78, 5) is 31.9. The summed E-state index contributed by atoms with van der Waals surface area (Å²) in [5, 5.41) is 14.1. The predicted molar refractivity (Wildman–Crippen MR) is 145 cm³/mol. The molecule has 3 heterocycles. The highest BCUT2D eigenvalue weighted by atomic mass is 32.2. The van der Waals surface area contributed by atoms with E-state index in [4.69, 9.17) is 5.26 Å². The maximum absolute atomic E-state index is 13.0. The Morgan fingerprint density at radius 3 is 2.47 bits per heavy atom. The number of rotatable bonds is 6. The molecule has 0 unspecified atom stereocenters. The van der Waals surface area contributed by atoms with Gasteiger partial charge in [-0.05, 0) is 48.7 Å². The smallest absolute Gasteiger partial charge is 0.256 e. The summed E-state index contributed by atoms with van der Waals surface area (Å²) in [6, 6.07) is 18.1. The fourth-order valence-corrected chi connectivity index (χ4v) is 5.95. The Morgan fingerprint density at radius 2 is 1.84 bits per heavy atom. The second-order valence-electron chi connectivity index (χ2n) is 9.03. The van der Waals surface area contributed by atoms with Gasteiger partial charge in [-0.15, -0.1) is 11.3 Å². The Labute approximate surface area is 224 Å². The highest BCUT2D eigenvalue weighted by molar-refractivity contribution is 7.89. The molecular weight excluding hydrogens is 522 g/mol. The minimum absolute atomic E-state index is 0.226. The number of nitrogens with one attached hydrogen (secondary N) is 1. The number of amides is 2. The average Bonchev–Trinajstić information content (AvgIpc) is 3.50. The molecule has 0 aliphatic carbocycles. The van der Waals surface area contributed by atoms with Crippen molar-refractivity contribution >= 4 is 38.3 Å². The predicted octanol–water partition coefficient (Wildman–Crippen LogP) is 4.12. The van der Waals surface area contributed by atoms with Crippen LogP contribution in [-0.4, -0.2) is 52.9 Å². The van der Waals surface area contributed by atoms with Crippen LogP contribution >= 0.6 is 11.3 Å². The van der Waals surface area contributed by atoms with Crippen LogP contribution < -0.4 is 5.32 Å². The van der Waals surface area contributed by atoms with Crippen molar-refractivity contribution in [3.8, 4) is 28.5 Å². The van der Waals surface area contributed by atoms with E-state index < -0.39 is 16.1 Å². The lowest BCUT2D eigenvalue weighted by Gasteiger charge is -2.39. The summed E-state index contributed by atoms with van der Waals surface area (Å²) < 4.78 is 24.8. The number of carbonyl (C=O) groups excluding carboxylic acids is 2. The van der Waals surface area contributed by atoms with E-state index in [9.17, 15) is 18.0 Å². The molecule has 0 spiro atoms. The standard InChI is InChI=1S/C27H23N5O4S2/c1-17-12-22(15-32(17)38(2,35)36)26(34)31-11-10-24(31)25(33)30-27-29-23(16-37-27)21-5-3-4-20(13-21)19-8-6-18(14-28)7-9-19/h3-9,12-13,15-16,24H,10-11H2,1-2H3,(H,29,30,33)/t24-/m0/s1. The van der Waals surface area contributed by atoms with Gasteiger partial charge in [-0.2, -0.15) is 5.26 Å². The number of carbonyl (C=O) groups is 2. The van der Waals surface area contributed by atoms with Gasteiger partial charge in [0, 0.05) is 29.4 Å². The van der Waals surface area contributed by atoms with Crippen molar-refractivity contribution in [3.05, 3.63) is 83.0 Å². The first-order chi connectivity index (χ1) is 18.1. The van der Waals surface area contributed by atoms with Crippen LogP contribution in [0.3, 0.4) is 0 Å². The van der Waals surface area contributed by atoms with Gasteiger partial charge in [0.1, 0.15) is 6.04 Å². The van der Waals surface area contributed by atoms with E-state index in [1.807, 2.05) is 41.8 Å². The van der Waals surface area contributed by atoms with Crippen molar-refractivity contribution in [2.24, 2.45) is 0 Å². The van der Waals surface area contributed by atoms with Crippen LogP contribution in [0.15, 0.2) is 66.2 Å². The molecule has 38 heavy (non-hydrogen) atoms. The van der Waals surface area contributed by atoms with Crippen LogP contribution in [-0.2, 0) is 14.8 Å². The van der Waals surface area contributed by atoms with E-state index in [1.54, 1.807) is 19.1 Å². The lowest BCUT2D eigenvalue weighted by atomic mass is 10.0. The minimum atomic E-state index is -3.53. The molecule has 5 rings (SSSR count). The number of nitrogens with zero attached hydrogens (tertiary/aromatic N) is 4. The van der Waals surface area contributed by atoms with E-state index >= 15 is 0 Å². The molecule has 192 valence electrons. The molecule has 1 atom stereocenters. The van der Waals surface area contributed by atoms with Crippen molar-refractivity contribution in [3.63, 3.8) is 0 Å². The molecular formula is C27H23N5O4S2. The Morgan fingerprint density at radius 1 is 1.11 bits per heavy atom. The van der Waals surface area contributed by atoms with Crippen molar-refractivity contribution in [2.45, 2.75) is 19.4 Å². The number of anilines is 1. The number of hydrogen-bond acceptors (Lipinski definition) is 7. The molecule has 9 nitrogen and oxygen atoms in total. The Kier molecular flexibility index (Phi) is 6.60. The fourth-order valence-electron chi connectivity index (χ4n) is 4.34. The SMILES string of the molecule is Cc1cc(C(=O)N2CC[C@H]2C(=O)Nc2nc(-c3cccc(-c4ccc(C#N)cc4)c3)cs2)cn1S(C)(=O)=O. The number of thiazole rings is 1. The van der Waals surface area contributed by atoms with Gasteiger partial charge in [0.2, 0.25) is 15.9 Å². The maximum Gasteiger partial charge on any atom is 0.256 e. The van der Waals surface area contributed by atoms with E-state index in [1.165, 1.54) is 28.5 Å². The van der Waals surface area contributed by atoms with Gasteiger partial charge < -0.3 is 10.2 Å². The third-order valence-electron chi connectivity index (χ3n) is 6.40. The second-order valence-corrected chi connectivity index (χ2v) is 11.7. The molecule has 1 N–H and O–H groups in total. The highest BCUT2D eigenvalue weighted by Crippen LogP contribution is 2.30. The molecule has 11 heteroatoms. The van der Waals surface area contributed by atoms with Gasteiger partial charge in [-0.1, -0.05) is 30.3 Å². The van der Waals surface area contributed by atoms with E-state index in [0.717, 1.165) is 26.9 Å². The lowest BCUT2D eigenvalue weighted by molar-refractivity contribution is -0.123. The van der Waals surface area contributed by atoms with Crippen molar-refractivity contribution in [2.75, 3.05) is 18.1 Å². The molecule has 2 amide bonds. The quantitative estimate of drug-likeness (QED) is 0.389. The van der Waals surface area contributed by atoms with E-state index in [2.05, 4.69) is 16.4 Å². The molecule has 2 aromatic heterocycles. The molecule has 1 aliphatic rings. The summed E-state index contributed by atoms with van der Waals surface area (Å²) in [5.74, 6) is -0.725. The fraction of sp³-hybridized carbons (Fsp3) is 0.185. The molecule has 0 saturated carbocycles. The van der Waals surface area contributed by atoms with Crippen LogP contribution in [0.25, 0.3) is 22.4 Å². The lowest BCUT2D eigenvalue weighted by Crippen LogP contribution is -2.56. The molecule has 1 saturated heterocycles. The Hall–Kier alpha value is -4.27. The van der Waals surface area contributed by atoms with E-state index in [-0.39, 0.29) is 17.4 Å².